The molecule has 0 bridgehead atoms. The number of nitrogens with zero attached hydrogens (tertiary/aromatic N) is 2. The number of carbonyl (C=O) groups is 1. The van der Waals surface area contributed by atoms with Crippen molar-refractivity contribution in [2.45, 2.75) is 58.0 Å². The van der Waals surface area contributed by atoms with Crippen molar-refractivity contribution in [3.05, 3.63) is 0 Å². The number of likely N-dealkylation sites (tertiary alicyclic amines) is 2. The van der Waals surface area contributed by atoms with E-state index < -0.39 is 0 Å². The summed E-state index contributed by atoms with van der Waals surface area (Å²) in [4.78, 5) is 16.6. The van der Waals surface area contributed by atoms with E-state index in [-0.39, 0.29) is 11.6 Å². The SMILES string of the molecule is CC(C)(C)NC(=O)N1CCC(N2CCCCC2)C1. The predicted octanol–water partition coefficient (Wildman–Crippen LogP) is 2.05. The first-order chi connectivity index (χ1) is 8.46. The van der Waals surface area contributed by atoms with Gasteiger partial charge in [0.25, 0.3) is 0 Å². The maximum absolute atomic E-state index is 12.1. The molecule has 4 nitrogen and oxygen atoms in total. The monoisotopic (exact) mass is 253 g/mol. The van der Waals surface area contributed by atoms with Crippen LogP contribution in [-0.2, 0) is 0 Å². The topological polar surface area (TPSA) is 35.6 Å². The Morgan fingerprint density at radius 1 is 1.11 bits per heavy atom. The first kappa shape index (κ1) is 13.7. The Kier molecular flexibility index (Phi) is 4.15. The molecule has 2 aliphatic heterocycles. The van der Waals surface area contributed by atoms with Crippen LogP contribution in [0.1, 0.15) is 46.5 Å². The van der Waals surface area contributed by atoms with Crippen LogP contribution >= 0.6 is 0 Å². The Morgan fingerprint density at radius 2 is 1.78 bits per heavy atom. The van der Waals surface area contributed by atoms with E-state index in [1.807, 2.05) is 25.7 Å². The van der Waals surface area contributed by atoms with Crippen LogP contribution in [-0.4, -0.2) is 53.6 Å². The van der Waals surface area contributed by atoms with E-state index in [2.05, 4.69) is 10.2 Å². The summed E-state index contributed by atoms with van der Waals surface area (Å²) in [5, 5.41) is 3.05. The van der Waals surface area contributed by atoms with Crippen molar-refractivity contribution in [3.8, 4) is 0 Å². The van der Waals surface area contributed by atoms with Gasteiger partial charge in [-0.15, -0.1) is 0 Å². The summed E-state index contributed by atoms with van der Waals surface area (Å²) in [6.07, 6.45) is 5.16. The molecule has 2 heterocycles. The molecule has 4 heteroatoms. The van der Waals surface area contributed by atoms with Gasteiger partial charge in [0.2, 0.25) is 0 Å². The summed E-state index contributed by atoms with van der Waals surface area (Å²) >= 11 is 0. The van der Waals surface area contributed by atoms with Gasteiger partial charge < -0.3 is 10.2 Å². The number of amides is 2. The molecule has 2 saturated heterocycles. The largest absolute Gasteiger partial charge is 0.333 e. The standard InChI is InChI=1S/C14H27N3O/c1-14(2,3)15-13(18)17-10-7-12(11-17)16-8-5-4-6-9-16/h12H,4-11H2,1-3H3,(H,15,18). The molecule has 0 aromatic rings. The third kappa shape index (κ3) is 3.61. The number of hydrogen-bond donors (Lipinski definition) is 1. The van der Waals surface area contributed by atoms with E-state index in [0.717, 1.165) is 19.5 Å². The molecule has 0 aliphatic carbocycles. The summed E-state index contributed by atoms with van der Waals surface area (Å²) in [5.74, 6) is 0. The first-order valence-corrected chi connectivity index (χ1v) is 7.27. The number of piperidine rings is 1. The van der Waals surface area contributed by atoms with E-state index in [9.17, 15) is 4.79 Å². The van der Waals surface area contributed by atoms with Gasteiger partial charge in [0.1, 0.15) is 0 Å². The first-order valence-electron chi connectivity index (χ1n) is 7.27. The molecule has 0 radical (unpaired) electrons. The average molecular weight is 253 g/mol. The Hall–Kier alpha value is -0.770. The molecule has 2 amide bonds. The van der Waals surface area contributed by atoms with Crippen LogP contribution < -0.4 is 5.32 Å². The Bertz CT molecular complexity index is 292. The summed E-state index contributed by atoms with van der Waals surface area (Å²) in [7, 11) is 0. The fourth-order valence-corrected chi connectivity index (χ4v) is 2.91. The molecule has 2 fully saturated rings. The highest BCUT2D eigenvalue weighted by Gasteiger charge is 2.31. The maximum Gasteiger partial charge on any atom is 0.317 e. The van der Waals surface area contributed by atoms with Crippen molar-refractivity contribution in [2.24, 2.45) is 0 Å². The lowest BCUT2D eigenvalue weighted by atomic mass is 10.1. The number of hydrogen-bond acceptors (Lipinski definition) is 2. The smallest absolute Gasteiger partial charge is 0.317 e. The van der Waals surface area contributed by atoms with Crippen molar-refractivity contribution < 1.29 is 4.79 Å². The molecule has 0 aromatic heterocycles. The van der Waals surface area contributed by atoms with Crippen LogP contribution in [0.3, 0.4) is 0 Å². The molecule has 0 aromatic carbocycles. The van der Waals surface area contributed by atoms with Gasteiger partial charge in [0, 0.05) is 24.7 Å². The minimum absolute atomic E-state index is 0.0991. The fraction of sp³-hybridized carbons (Fsp3) is 0.929. The highest BCUT2D eigenvalue weighted by Crippen LogP contribution is 2.20. The summed E-state index contributed by atoms with van der Waals surface area (Å²) in [6.45, 7) is 10.3. The highest BCUT2D eigenvalue weighted by atomic mass is 16.2. The molecule has 104 valence electrons. The highest BCUT2D eigenvalue weighted by molar-refractivity contribution is 5.75. The normalized spacial score (nSPS) is 26.4. The number of rotatable bonds is 1. The minimum atomic E-state index is -0.139. The van der Waals surface area contributed by atoms with Crippen LogP contribution in [0.25, 0.3) is 0 Å². The van der Waals surface area contributed by atoms with Crippen molar-refractivity contribution >= 4 is 6.03 Å². The second kappa shape index (κ2) is 5.47. The van der Waals surface area contributed by atoms with Gasteiger partial charge in [-0.2, -0.15) is 0 Å². The number of nitrogens with one attached hydrogen (secondary N) is 1. The van der Waals surface area contributed by atoms with Crippen LogP contribution in [0.15, 0.2) is 0 Å². The number of urea groups is 1. The van der Waals surface area contributed by atoms with Gasteiger partial charge in [0.15, 0.2) is 0 Å². The average Bonchev–Trinajstić information content (AvgIpc) is 2.77. The second-order valence-electron chi connectivity index (χ2n) is 6.67. The third-order valence-electron chi connectivity index (χ3n) is 3.84. The van der Waals surface area contributed by atoms with Gasteiger partial charge in [-0.1, -0.05) is 6.42 Å². The fourth-order valence-electron chi connectivity index (χ4n) is 2.91. The molecule has 2 rings (SSSR count). The molecule has 1 N–H and O–H groups in total. The predicted molar refractivity (Wildman–Crippen MR) is 73.7 cm³/mol. The van der Waals surface area contributed by atoms with Gasteiger partial charge in [0.05, 0.1) is 0 Å². The van der Waals surface area contributed by atoms with Crippen LogP contribution in [0.4, 0.5) is 4.79 Å². The van der Waals surface area contributed by atoms with Crippen molar-refractivity contribution in [2.75, 3.05) is 26.2 Å². The summed E-state index contributed by atoms with van der Waals surface area (Å²) in [5.41, 5.74) is -0.139. The molecule has 1 atom stereocenters. The van der Waals surface area contributed by atoms with Gasteiger partial charge >= 0.3 is 6.03 Å². The summed E-state index contributed by atoms with van der Waals surface area (Å²) in [6, 6.07) is 0.693. The molecular formula is C14H27N3O. The zero-order valence-electron chi connectivity index (χ0n) is 12.0. The lowest BCUT2D eigenvalue weighted by Crippen LogP contribution is -2.49. The lowest BCUT2D eigenvalue weighted by Gasteiger charge is -2.32. The Balaban J connectivity index is 1.82. The zero-order chi connectivity index (χ0) is 13.2. The maximum atomic E-state index is 12.1. The van der Waals surface area contributed by atoms with E-state index in [0.29, 0.717) is 6.04 Å². The van der Waals surface area contributed by atoms with E-state index in [4.69, 9.17) is 0 Å². The van der Waals surface area contributed by atoms with E-state index in [1.54, 1.807) is 0 Å². The van der Waals surface area contributed by atoms with Gasteiger partial charge in [-0.25, -0.2) is 4.79 Å². The zero-order valence-corrected chi connectivity index (χ0v) is 12.0. The Labute approximate surface area is 111 Å². The van der Waals surface area contributed by atoms with E-state index >= 15 is 0 Å². The molecular weight excluding hydrogens is 226 g/mol. The second-order valence-corrected chi connectivity index (χ2v) is 6.67. The molecule has 18 heavy (non-hydrogen) atoms. The van der Waals surface area contributed by atoms with Crippen molar-refractivity contribution in [1.82, 2.24) is 15.1 Å². The molecule has 2 aliphatic rings. The van der Waals surface area contributed by atoms with Gasteiger partial charge in [-0.3, -0.25) is 4.90 Å². The van der Waals surface area contributed by atoms with Crippen LogP contribution in [0, 0.1) is 0 Å². The van der Waals surface area contributed by atoms with E-state index in [1.165, 1.54) is 32.4 Å². The quantitative estimate of drug-likeness (QED) is 0.776. The molecule has 1 unspecified atom stereocenters. The number of carbonyl (C=O) groups excluding carboxylic acids is 1. The Morgan fingerprint density at radius 3 is 2.39 bits per heavy atom. The minimum Gasteiger partial charge on any atom is -0.333 e. The molecule has 0 spiro atoms. The van der Waals surface area contributed by atoms with Crippen molar-refractivity contribution in [1.29, 1.82) is 0 Å². The lowest BCUT2D eigenvalue weighted by molar-refractivity contribution is 0.159. The van der Waals surface area contributed by atoms with Crippen LogP contribution in [0.5, 0.6) is 0 Å². The molecule has 0 saturated carbocycles. The van der Waals surface area contributed by atoms with Gasteiger partial charge in [-0.05, 0) is 53.1 Å². The summed E-state index contributed by atoms with van der Waals surface area (Å²) < 4.78 is 0. The van der Waals surface area contributed by atoms with Crippen LogP contribution in [0.2, 0.25) is 0 Å². The third-order valence-corrected chi connectivity index (χ3v) is 3.84. The van der Waals surface area contributed by atoms with Crippen molar-refractivity contribution in [3.63, 3.8) is 0 Å².